The van der Waals surface area contributed by atoms with Gasteiger partial charge in [0.15, 0.2) is 5.96 Å². The molecule has 7 nitrogen and oxygen atoms in total. The summed E-state index contributed by atoms with van der Waals surface area (Å²) in [5, 5.41) is 6.58. The van der Waals surface area contributed by atoms with Crippen LogP contribution in [0.15, 0.2) is 4.99 Å². The number of hydrogen-bond donors (Lipinski definition) is 2. The van der Waals surface area contributed by atoms with Crippen molar-refractivity contribution in [2.45, 2.75) is 26.3 Å². The first-order chi connectivity index (χ1) is 11.1. The molecule has 7 heteroatoms. The van der Waals surface area contributed by atoms with E-state index in [-0.39, 0.29) is 5.54 Å². The average Bonchev–Trinajstić information content (AvgIpc) is 2.56. The molecule has 1 saturated heterocycles. The highest BCUT2D eigenvalue weighted by molar-refractivity contribution is 5.79. The number of ether oxygens (including phenoxy) is 3. The smallest absolute Gasteiger partial charge is 0.191 e. The van der Waals surface area contributed by atoms with E-state index in [1.54, 1.807) is 7.11 Å². The minimum Gasteiger partial charge on any atom is -0.382 e. The third-order valence-electron chi connectivity index (χ3n) is 3.81. The number of rotatable bonds is 10. The minimum absolute atomic E-state index is 0.0289. The van der Waals surface area contributed by atoms with E-state index in [1.807, 2.05) is 0 Å². The second-order valence-electron chi connectivity index (χ2n) is 6.14. The maximum atomic E-state index is 5.45. The number of hydrogen-bond acceptors (Lipinski definition) is 5. The third kappa shape index (κ3) is 8.50. The Morgan fingerprint density at radius 2 is 1.91 bits per heavy atom. The fourth-order valence-electron chi connectivity index (χ4n) is 2.37. The van der Waals surface area contributed by atoms with Crippen molar-refractivity contribution in [3.8, 4) is 0 Å². The Balaban J connectivity index is 2.37. The summed E-state index contributed by atoms with van der Waals surface area (Å²) in [5.74, 6) is 0.837. The quantitative estimate of drug-likeness (QED) is 0.341. The lowest BCUT2D eigenvalue weighted by molar-refractivity contribution is -0.00684. The Bertz CT molecular complexity index is 331. The molecule has 1 rings (SSSR count). The normalized spacial score (nSPS) is 17.3. The Hall–Kier alpha value is -0.890. The van der Waals surface area contributed by atoms with Gasteiger partial charge in [-0.25, -0.2) is 0 Å². The summed E-state index contributed by atoms with van der Waals surface area (Å²) in [7, 11) is 1.67. The van der Waals surface area contributed by atoms with E-state index in [1.165, 1.54) is 0 Å². The molecule has 0 amide bonds. The molecule has 0 spiro atoms. The SMILES string of the molecule is CCNC(=NCC(C)(C)N1CCOCC1)NCCOCCOC. The van der Waals surface area contributed by atoms with E-state index in [4.69, 9.17) is 19.2 Å². The molecule has 0 aromatic heterocycles. The van der Waals surface area contributed by atoms with Crippen LogP contribution in [0.1, 0.15) is 20.8 Å². The summed E-state index contributed by atoms with van der Waals surface area (Å²) >= 11 is 0. The van der Waals surface area contributed by atoms with Crippen molar-refractivity contribution in [2.24, 2.45) is 4.99 Å². The molecule has 0 saturated carbocycles. The lowest BCUT2D eigenvalue weighted by atomic mass is 10.0. The summed E-state index contributed by atoms with van der Waals surface area (Å²) in [4.78, 5) is 7.17. The lowest BCUT2D eigenvalue weighted by Gasteiger charge is -2.39. The first-order valence-electron chi connectivity index (χ1n) is 8.52. The predicted molar refractivity (Wildman–Crippen MR) is 93.1 cm³/mol. The van der Waals surface area contributed by atoms with E-state index in [0.29, 0.717) is 19.8 Å². The van der Waals surface area contributed by atoms with Gasteiger partial charge in [-0.3, -0.25) is 9.89 Å². The van der Waals surface area contributed by atoms with Gasteiger partial charge in [0.2, 0.25) is 0 Å². The van der Waals surface area contributed by atoms with E-state index in [0.717, 1.165) is 51.9 Å². The van der Waals surface area contributed by atoms with Crippen LogP contribution < -0.4 is 10.6 Å². The van der Waals surface area contributed by atoms with Crippen molar-refractivity contribution in [1.29, 1.82) is 0 Å². The molecule has 23 heavy (non-hydrogen) atoms. The molecule has 0 radical (unpaired) electrons. The van der Waals surface area contributed by atoms with Crippen molar-refractivity contribution < 1.29 is 14.2 Å². The minimum atomic E-state index is 0.0289. The van der Waals surface area contributed by atoms with Crippen molar-refractivity contribution in [3.05, 3.63) is 0 Å². The standard InChI is InChI=1S/C16H34N4O3/c1-5-17-15(18-6-9-22-13-12-21-4)19-14-16(2,3)20-7-10-23-11-8-20/h5-14H2,1-4H3,(H2,17,18,19). The summed E-state index contributed by atoms with van der Waals surface area (Å²) in [6.07, 6.45) is 0. The highest BCUT2D eigenvalue weighted by Crippen LogP contribution is 2.16. The van der Waals surface area contributed by atoms with Gasteiger partial charge in [0.25, 0.3) is 0 Å². The van der Waals surface area contributed by atoms with Crippen LogP contribution in [-0.2, 0) is 14.2 Å². The topological polar surface area (TPSA) is 67.4 Å². The van der Waals surface area contributed by atoms with Crippen LogP contribution in [-0.4, -0.2) is 89.3 Å². The number of morpholine rings is 1. The fourth-order valence-corrected chi connectivity index (χ4v) is 2.37. The Labute approximate surface area is 140 Å². The molecule has 0 bridgehead atoms. The van der Waals surface area contributed by atoms with Crippen LogP contribution in [0.3, 0.4) is 0 Å². The molecule has 1 aliphatic rings. The Morgan fingerprint density at radius 3 is 2.57 bits per heavy atom. The molecular weight excluding hydrogens is 296 g/mol. The molecule has 1 aliphatic heterocycles. The van der Waals surface area contributed by atoms with Gasteiger partial charge in [0.05, 0.1) is 39.6 Å². The highest BCUT2D eigenvalue weighted by atomic mass is 16.5. The zero-order valence-corrected chi connectivity index (χ0v) is 15.2. The van der Waals surface area contributed by atoms with Crippen LogP contribution in [0.4, 0.5) is 0 Å². The molecule has 1 fully saturated rings. The average molecular weight is 330 g/mol. The second kappa shape index (κ2) is 11.6. The van der Waals surface area contributed by atoms with Gasteiger partial charge in [-0.1, -0.05) is 0 Å². The highest BCUT2D eigenvalue weighted by Gasteiger charge is 2.27. The Kier molecular flexibility index (Phi) is 10.2. The molecule has 0 aromatic carbocycles. The maximum absolute atomic E-state index is 5.45. The zero-order valence-electron chi connectivity index (χ0n) is 15.2. The lowest BCUT2D eigenvalue weighted by Crippen LogP contribution is -2.52. The molecule has 0 atom stereocenters. The van der Waals surface area contributed by atoms with Crippen LogP contribution >= 0.6 is 0 Å². The predicted octanol–water partition coefficient (Wildman–Crippen LogP) is 0.315. The molecule has 0 aliphatic carbocycles. The zero-order chi connectivity index (χ0) is 17.0. The molecule has 136 valence electrons. The molecule has 1 heterocycles. The summed E-state index contributed by atoms with van der Waals surface area (Å²) in [5.41, 5.74) is 0.0289. The van der Waals surface area contributed by atoms with Crippen molar-refractivity contribution in [2.75, 3.05) is 72.9 Å². The number of guanidine groups is 1. The van der Waals surface area contributed by atoms with Crippen LogP contribution in [0.25, 0.3) is 0 Å². The molecule has 2 N–H and O–H groups in total. The molecular formula is C16H34N4O3. The van der Waals surface area contributed by atoms with Crippen molar-refractivity contribution in [1.82, 2.24) is 15.5 Å². The number of methoxy groups -OCH3 is 1. The maximum Gasteiger partial charge on any atom is 0.191 e. The fraction of sp³-hybridized carbons (Fsp3) is 0.938. The number of nitrogens with one attached hydrogen (secondary N) is 2. The van der Waals surface area contributed by atoms with E-state index in [9.17, 15) is 0 Å². The monoisotopic (exact) mass is 330 g/mol. The number of nitrogens with zero attached hydrogens (tertiary/aromatic N) is 2. The first kappa shape index (κ1) is 20.2. The van der Waals surface area contributed by atoms with E-state index < -0.39 is 0 Å². The number of aliphatic imine (C=N–C) groups is 1. The van der Waals surface area contributed by atoms with E-state index in [2.05, 4.69) is 36.3 Å². The molecule has 0 aromatic rings. The van der Waals surface area contributed by atoms with Gasteiger partial charge in [-0.05, 0) is 20.8 Å². The van der Waals surface area contributed by atoms with Gasteiger partial charge in [-0.15, -0.1) is 0 Å². The van der Waals surface area contributed by atoms with Gasteiger partial charge < -0.3 is 24.8 Å². The summed E-state index contributed by atoms with van der Waals surface area (Å²) < 4.78 is 15.8. The van der Waals surface area contributed by atoms with Crippen LogP contribution in [0.2, 0.25) is 0 Å². The second-order valence-corrected chi connectivity index (χ2v) is 6.14. The Morgan fingerprint density at radius 1 is 1.17 bits per heavy atom. The largest absolute Gasteiger partial charge is 0.382 e. The van der Waals surface area contributed by atoms with Gasteiger partial charge in [-0.2, -0.15) is 0 Å². The van der Waals surface area contributed by atoms with Gasteiger partial charge in [0, 0.05) is 38.8 Å². The van der Waals surface area contributed by atoms with Crippen molar-refractivity contribution in [3.63, 3.8) is 0 Å². The van der Waals surface area contributed by atoms with Gasteiger partial charge >= 0.3 is 0 Å². The summed E-state index contributed by atoms with van der Waals surface area (Å²) in [6.45, 7) is 14.3. The summed E-state index contributed by atoms with van der Waals surface area (Å²) in [6, 6.07) is 0. The van der Waals surface area contributed by atoms with E-state index >= 15 is 0 Å². The van der Waals surface area contributed by atoms with Crippen molar-refractivity contribution >= 4 is 5.96 Å². The van der Waals surface area contributed by atoms with Gasteiger partial charge in [0.1, 0.15) is 0 Å². The van der Waals surface area contributed by atoms with Crippen LogP contribution in [0.5, 0.6) is 0 Å². The molecule has 0 unspecified atom stereocenters. The first-order valence-corrected chi connectivity index (χ1v) is 8.52. The van der Waals surface area contributed by atoms with Crippen LogP contribution in [0, 0.1) is 0 Å². The third-order valence-corrected chi connectivity index (χ3v) is 3.81.